The van der Waals surface area contributed by atoms with Gasteiger partial charge < -0.3 is 4.89 Å². The second kappa shape index (κ2) is 3.07. The topological polar surface area (TPSA) is 46.5 Å². The molecule has 0 aromatic heterocycles. The van der Waals surface area contributed by atoms with Crippen molar-refractivity contribution in [2.75, 3.05) is 0 Å². The molecule has 0 bridgehead atoms. The van der Waals surface area contributed by atoms with Gasteiger partial charge in [-0.05, 0) is 0 Å². The molecule has 1 atom stereocenters. The van der Waals surface area contributed by atoms with E-state index in [1.807, 2.05) is 0 Å². The highest BCUT2D eigenvalue weighted by Gasteiger charge is 2.02. The molecule has 0 heterocycles. The van der Waals surface area contributed by atoms with Crippen LogP contribution in [0.3, 0.4) is 0 Å². The molecule has 0 amide bonds. The van der Waals surface area contributed by atoms with Gasteiger partial charge in [-0.2, -0.15) is 0 Å². The molecule has 6 heteroatoms. The van der Waals surface area contributed by atoms with Crippen molar-refractivity contribution in [1.29, 1.82) is 0 Å². The van der Waals surface area contributed by atoms with E-state index in [-0.39, 0.29) is 0 Å². The number of rotatable bonds is 1. The van der Waals surface area contributed by atoms with Gasteiger partial charge in [0.05, 0.1) is 0 Å². The number of hydrogen-bond acceptors (Lipinski definition) is 3. The van der Waals surface area contributed by atoms with Crippen LogP contribution >= 0.6 is 6.92 Å². The van der Waals surface area contributed by atoms with Crippen LogP contribution in [0.2, 0.25) is 0 Å². The van der Waals surface area contributed by atoms with E-state index in [1.165, 1.54) is 0 Å². The fraction of sp³-hybridized carbons (Fsp3) is 0. The summed E-state index contributed by atoms with van der Waals surface area (Å²) in [5.41, 5.74) is -1.35. The normalized spacial score (nSPS) is 12.9. The lowest BCUT2D eigenvalue weighted by Crippen LogP contribution is -1.82. The molecule has 1 N–H and O–H groups in total. The lowest BCUT2D eigenvalue weighted by Gasteiger charge is -1.83. The Labute approximate surface area is 44.5 Å². The van der Waals surface area contributed by atoms with E-state index in [0.717, 1.165) is 0 Å². The van der Waals surface area contributed by atoms with E-state index in [9.17, 15) is 9.32 Å². The predicted molar refractivity (Wildman–Crippen MR) is 25.5 cm³/mol. The van der Waals surface area contributed by atoms with Crippen molar-refractivity contribution in [3.8, 4) is 0 Å². The van der Waals surface area contributed by atoms with Gasteiger partial charge >= 0.3 is 5.71 Å². The molecule has 7 heavy (non-hydrogen) atoms. The Hall–Kier alpha value is 0.01000. The standard InChI is InChI=1S/CH2FO3PS/c2-5-1(3)6(4)7/h6H,(H,4,7). The molecule has 0 aliphatic rings. The lowest BCUT2D eigenvalue weighted by molar-refractivity contribution is -0.0475. The molecule has 0 saturated heterocycles. The summed E-state index contributed by atoms with van der Waals surface area (Å²) in [6.45, 7) is -2.62. The van der Waals surface area contributed by atoms with Crippen molar-refractivity contribution >= 4 is 24.4 Å². The molecular weight excluding hydrogens is 142 g/mol. The highest BCUT2D eigenvalue weighted by molar-refractivity contribution is 8.09. The summed E-state index contributed by atoms with van der Waals surface area (Å²) in [6, 6.07) is 0. The summed E-state index contributed by atoms with van der Waals surface area (Å²) in [7, 11) is 0. The molecule has 3 nitrogen and oxygen atoms in total. The van der Waals surface area contributed by atoms with E-state index in [4.69, 9.17) is 4.89 Å². The third-order valence-electron chi connectivity index (χ3n) is 0.245. The molecule has 0 aromatic carbocycles. The monoisotopic (exact) mass is 144 g/mol. The van der Waals surface area contributed by atoms with E-state index in [2.05, 4.69) is 16.7 Å². The first-order valence-corrected chi connectivity index (χ1v) is 3.82. The summed E-state index contributed by atoms with van der Waals surface area (Å²) in [4.78, 5) is 20.2. The van der Waals surface area contributed by atoms with Crippen LogP contribution in [-0.2, 0) is 16.7 Å². The van der Waals surface area contributed by atoms with E-state index in [1.54, 1.807) is 0 Å². The number of carbonyl (C=O) groups is 1. The number of halogens is 1. The maximum absolute atomic E-state index is 10.6. The van der Waals surface area contributed by atoms with E-state index < -0.39 is 12.6 Å². The molecule has 0 rings (SSSR count). The Balaban J connectivity index is 3.58. The van der Waals surface area contributed by atoms with Gasteiger partial charge in [-0.1, -0.05) is 11.8 Å². The zero-order valence-corrected chi connectivity index (χ0v) is 4.87. The van der Waals surface area contributed by atoms with Crippen LogP contribution in [0.15, 0.2) is 0 Å². The van der Waals surface area contributed by atoms with Crippen molar-refractivity contribution < 1.29 is 19.2 Å². The van der Waals surface area contributed by atoms with E-state index >= 15 is 0 Å². The van der Waals surface area contributed by atoms with Crippen LogP contribution in [0.1, 0.15) is 0 Å². The summed E-state index contributed by atoms with van der Waals surface area (Å²) in [5.74, 6) is 0. The van der Waals surface area contributed by atoms with Crippen molar-refractivity contribution in [1.82, 2.24) is 0 Å². The number of carbonyl (C=O) groups excluding carboxylic acids is 1. The molecule has 0 aliphatic heterocycles. The Kier molecular flexibility index (Phi) is 3.07. The third kappa shape index (κ3) is 2.68. The zero-order valence-electron chi connectivity index (χ0n) is 3.05. The fourth-order valence-corrected chi connectivity index (χ4v) is 0.193. The van der Waals surface area contributed by atoms with Crippen molar-refractivity contribution in [3.63, 3.8) is 0 Å². The first-order valence-electron chi connectivity index (χ1n) is 1.24. The van der Waals surface area contributed by atoms with Gasteiger partial charge in [0.1, 0.15) is 0 Å². The Morgan fingerprint density at radius 3 is 2.43 bits per heavy atom. The Bertz CT molecular complexity index is 103. The average molecular weight is 144 g/mol. The molecule has 0 aliphatic carbocycles. The molecule has 0 radical (unpaired) electrons. The minimum absolute atomic E-state index is 1.35. The summed E-state index contributed by atoms with van der Waals surface area (Å²) < 4.78 is 10.6. The quantitative estimate of drug-likeness (QED) is 0.547. The van der Waals surface area contributed by atoms with Gasteiger partial charge in [-0.15, -0.1) is 0 Å². The average Bonchev–Trinajstić information content (AvgIpc) is 1.65. The van der Waals surface area contributed by atoms with Gasteiger partial charge in [0.2, 0.25) is 0 Å². The summed E-state index contributed by atoms with van der Waals surface area (Å²) in [6.07, 6.45) is 0. The predicted octanol–water partition coefficient (Wildman–Crippen LogP) is 0.591. The Morgan fingerprint density at radius 2 is 2.43 bits per heavy atom. The van der Waals surface area contributed by atoms with Crippen LogP contribution < -0.4 is 0 Å². The van der Waals surface area contributed by atoms with Gasteiger partial charge in [0.15, 0.2) is 6.92 Å². The summed E-state index contributed by atoms with van der Waals surface area (Å²) >= 11 is 3.94. The smallest absolute Gasteiger partial charge is 0.359 e. The van der Waals surface area contributed by atoms with Crippen LogP contribution in [0.25, 0.3) is 0 Å². The van der Waals surface area contributed by atoms with Gasteiger partial charge in [0.25, 0.3) is 0 Å². The largest absolute Gasteiger partial charge is 0.399 e. The first-order chi connectivity index (χ1) is 3.18. The second-order valence-electron chi connectivity index (χ2n) is 0.670. The van der Waals surface area contributed by atoms with Crippen LogP contribution in [0, 0.1) is 0 Å². The molecule has 0 aromatic rings. The zero-order chi connectivity index (χ0) is 5.86. The van der Waals surface area contributed by atoms with Crippen molar-refractivity contribution in [2.24, 2.45) is 0 Å². The highest BCUT2D eigenvalue weighted by atomic mass is 32.4. The van der Waals surface area contributed by atoms with Crippen LogP contribution in [-0.4, -0.2) is 10.6 Å². The number of hydrogen-bond donors (Lipinski definition) is 1. The molecular formula is CH2FO3PS. The first kappa shape index (κ1) is 7.01. The minimum Gasteiger partial charge on any atom is -0.359 e. The molecule has 0 saturated carbocycles. The summed E-state index contributed by atoms with van der Waals surface area (Å²) in [5, 5.41) is 0. The Morgan fingerprint density at radius 1 is 2.00 bits per heavy atom. The maximum Gasteiger partial charge on any atom is 0.399 e. The molecule has 1 unspecified atom stereocenters. The van der Waals surface area contributed by atoms with Crippen molar-refractivity contribution in [2.45, 2.75) is 0 Å². The SMILES string of the molecule is O=C(OF)[PH](O)=S. The maximum atomic E-state index is 10.6. The second-order valence-corrected chi connectivity index (χ2v) is 2.85. The van der Waals surface area contributed by atoms with Gasteiger partial charge in [-0.3, -0.25) is 0 Å². The minimum atomic E-state index is -2.62. The molecule has 42 valence electrons. The molecule has 0 spiro atoms. The van der Waals surface area contributed by atoms with Crippen molar-refractivity contribution in [3.05, 3.63) is 0 Å². The third-order valence-corrected chi connectivity index (χ3v) is 1.17. The van der Waals surface area contributed by atoms with Gasteiger partial charge in [-0.25, -0.2) is 9.74 Å². The van der Waals surface area contributed by atoms with Crippen LogP contribution in [0.4, 0.5) is 9.32 Å². The van der Waals surface area contributed by atoms with Gasteiger partial charge in [0, 0.05) is 4.53 Å². The fourth-order valence-electron chi connectivity index (χ4n) is 0.0330. The highest BCUT2D eigenvalue weighted by Crippen LogP contribution is 2.16. The lowest BCUT2D eigenvalue weighted by atomic mass is 11.6. The van der Waals surface area contributed by atoms with Crippen LogP contribution in [0.5, 0.6) is 0 Å². The molecule has 0 fully saturated rings. The van der Waals surface area contributed by atoms with E-state index in [0.29, 0.717) is 0 Å².